The Bertz CT molecular complexity index is 298. The first-order valence-electron chi connectivity index (χ1n) is 7.04. The molecule has 1 unspecified atom stereocenters. The van der Waals surface area contributed by atoms with Gasteiger partial charge in [0.25, 0.3) is 0 Å². The molecule has 4 heteroatoms. The summed E-state index contributed by atoms with van der Waals surface area (Å²) in [5.74, 6) is 0.158. The molecule has 1 heterocycles. The number of likely N-dealkylation sites (tertiary alicyclic amines) is 1. The molecule has 4 nitrogen and oxygen atoms in total. The molecular formula is C14H25N3O. The zero-order valence-electron chi connectivity index (χ0n) is 11.7. The van der Waals surface area contributed by atoms with Gasteiger partial charge in [-0.15, -0.1) is 0 Å². The van der Waals surface area contributed by atoms with Gasteiger partial charge in [-0.2, -0.15) is 5.26 Å². The summed E-state index contributed by atoms with van der Waals surface area (Å²) in [6, 6.07) is 2.73. The second-order valence-corrected chi connectivity index (χ2v) is 5.07. The molecule has 1 aliphatic rings. The van der Waals surface area contributed by atoms with Gasteiger partial charge in [-0.05, 0) is 25.8 Å². The molecule has 0 saturated carbocycles. The summed E-state index contributed by atoms with van der Waals surface area (Å²) in [5.41, 5.74) is 0. The molecule has 102 valence electrons. The number of nitriles is 1. The molecule has 0 spiro atoms. The third-order valence-corrected chi connectivity index (χ3v) is 3.82. The lowest BCUT2D eigenvalue weighted by Gasteiger charge is -2.35. The maximum absolute atomic E-state index is 11.9. The molecule has 1 aliphatic heterocycles. The smallest absolute Gasteiger partial charge is 0.223 e. The minimum absolute atomic E-state index is 0.158. The molecule has 0 radical (unpaired) electrons. The third kappa shape index (κ3) is 4.66. The van der Waals surface area contributed by atoms with Crippen molar-refractivity contribution in [2.24, 2.45) is 0 Å². The van der Waals surface area contributed by atoms with Gasteiger partial charge in [0, 0.05) is 32.6 Å². The molecule has 0 aliphatic carbocycles. The van der Waals surface area contributed by atoms with Crippen molar-refractivity contribution >= 4 is 5.91 Å². The zero-order valence-corrected chi connectivity index (χ0v) is 11.7. The second kappa shape index (κ2) is 8.10. The van der Waals surface area contributed by atoms with Gasteiger partial charge in [-0.25, -0.2) is 0 Å². The van der Waals surface area contributed by atoms with Crippen molar-refractivity contribution in [1.82, 2.24) is 9.80 Å². The van der Waals surface area contributed by atoms with E-state index in [-0.39, 0.29) is 5.91 Å². The van der Waals surface area contributed by atoms with Crippen molar-refractivity contribution in [2.45, 2.75) is 51.5 Å². The quantitative estimate of drug-likeness (QED) is 0.725. The van der Waals surface area contributed by atoms with E-state index in [9.17, 15) is 4.79 Å². The van der Waals surface area contributed by atoms with Gasteiger partial charge in [-0.1, -0.05) is 13.3 Å². The van der Waals surface area contributed by atoms with Crippen LogP contribution in [0.25, 0.3) is 0 Å². The van der Waals surface area contributed by atoms with E-state index in [1.54, 1.807) is 11.9 Å². The predicted octanol–water partition coefficient (Wildman–Crippen LogP) is 2.01. The Kier molecular flexibility index (Phi) is 6.74. The highest BCUT2D eigenvalue weighted by Crippen LogP contribution is 2.19. The van der Waals surface area contributed by atoms with Crippen LogP contribution in [0.3, 0.4) is 0 Å². The fraction of sp³-hybridized carbons (Fsp3) is 0.857. The molecule has 0 aromatic rings. The zero-order chi connectivity index (χ0) is 13.4. The van der Waals surface area contributed by atoms with Crippen LogP contribution in [0, 0.1) is 11.3 Å². The summed E-state index contributed by atoms with van der Waals surface area (Å²) >= 11 is 0. The van der Waals surface area contributed by atoms with E-state index in [1.165, 1.54) is 25.7 Å². The largest absolute Gasteiger partial charge is 0.345 e. The minimum atomic E-state index is 0.158. The Morgan fingerprint density at radius 2 is 2.28 bits per heavy atom. The van der Waals surface area contributed by atoms with Crippen LogP contribution in [0.1, 0.15) is 45.4 Å². The van der Waals surface area contributed by atoms with E-state index >= 15 is 0 Å². The van der Waals surface area contributed by atoms with Crippen LogP contribution in [0.2, 0.25) is 0 Å². The summed E-state index contributed by atoms with van der Waals surface area (Å²) in [6.45, 7) is 4.78. The Morgan fingerprint density at radius 1 is 1.50 bits per heavy atom. The average Bonchev–Trinajstić information content (AvgIpc) is 2.42. The molecule has 1 saturated heterocycles. The highest BCUT2D eigenvalue weighted by atomic mass is 16.2. The summed E-state index contributed by atoms with van der Waals surface area (Å²) in [5, 5.41) is 8.50. The SMILES string of the molecule is CCC1CCCCN1CCC(=O)N(C)CCC#N. The van der Waals surface area contributed by atoms with Gasteiger partial charge in [0.2, 0.25) is 5.91 Å². The topological polar surface area (TPSA) is 47.3 Å². The highest BCUT2D eigenvalue weighted by Gasteiger charge is 2.21. The number of carbonyl (C=O) groups is 1. The molecule has 0 aromatic carbocycles. The molecular weight excluding hydrogens is 226 g/mol. The maximum Gasteiger partial charge on any atom is 0.223 e. The normalized spacial score (nSPS) is 20.4. The Labute approximate surface area is 111 Å². The van der Waals surface area contributed by atoms with Gasteiger partial charge in [0.1, 0.15) is 0 Å². The van der Waals surface area contributed by atoms with Crippen LogP contribution in [-0.4, -0.2) is 48.4 Å². The molecule has 0 bridgehead atoms. The first kappa shape index (κ1) is 15.0. The second-order valence-electron chi connectivity index (χ2n) is 5.07. The van der Waals surface area contributed by atoms with Gasteiger partial charge >= 0.3 is 0 Å². The average molecular weight is 251 g/mol. The number of amides is 1. The van der Waals surface area contributed by atoms with Gasteiger partial charge < -0.3 is 4.90 Å². The molecule has 1 atom stereocenters. The monoisotopic (exact) mass is 251 g/mol. The lowest BCUT2D eigenvalue weighted by Crippen LogP contribution is -2.41. The van der Waals surface area contributed by atoms with Crippen molar-refractivity contribution in [3.8, 4) is 6.07 Å². The number of hydrogen-bond acceptors (Lipinski definition) is 3. The van der Waals surface area contributed by atoms with Gasteiger partial charge in [-0.3, -0.25) is 9.69 Å². The van der Waals surface area contributed by atoms with Gasteiger partial charge in [0.05, 0.1) is 12.5 Å². The third-order valence-electron chi connectivity index (χ3n) is 3.82. The Hall–Kier alpha value is -1.08. The van der Waals surface area contributed by atoms with Crippen LogP contribution in [-0.2, 0) is 4.79 Å². The van der Waals surface area contributed by atoms with Crippen molar-refractivity contribution in [3.05, 3.63) is 0 Å². The van der Waals surface area contributed by atoms with E-state index in [4.69, 9.17) is 5.26 Å². The van der Waals surface area contributed by atoms with Crippen molar-refractivity contribution in [1.29, 1.82) is 5.26 Å². The minimum Gasteiger partial charge on any atom is -0.345 e. The lowest BCUT2D eigenvalue weighted by molar-refractivity contribution is -0.130. The van der Waals surface area contributed by atoms with E-state index < -0.39 is 0 Å². The fourth-order valence-electron chi connectivity index (χ4n) is 2.59. The van der Waals surface area contributed by atoms with Crippen LogP contribution >= 0.6 is 0 Å². The fourth-order valence-corrected chi connectivity index (χ4v) is 2.59. The number of carbonyl (C=O) groups excluding carboxylic acids is 1. The molecule has 1 amide bonds. The number of piperidine rings is 1. The first-order valence-corrected chi connectivity index (χ1v) is 7.04. The lowest BCUT2D eigenvalue weighted by atomic mass is 10.00. The standard InChI is InChI=1S/C14H25N3O/c1-3-13-7-4-5-11-17(13)12-8-14(18)16(2)10-6-9-15/h13H,3-8,10-12H2,1-2H3. The van der Waals surface area contributed by atoms with E-state index in [2.05, 4.69) is 17.9 Å². The van der Waals surface area contributed by atoms with Gasteiger partial charge in [0.15, 0.2) is 0 Å². The van der Waals surface area contributed by atoms with Crippen molar-refractivity contribution in [2.75, 3.05) is 26.7 Å². The molecule has 0 N–H and O–H groups in total. The Morgan fingerprint density at radius 3 is 2.94 bits per heavy atom. The van der Waals surface area contributed by atoms with Crippen LogP contribution < -0.4 is 0 Å². The molecule has 1 fully saturated rings. The first-order chi connectivity index (χ1) is 8.69. The van der Waals surface area contributed by atoms with Crippen LogP contribution in [0.5, 0.6) is 0 Å². The van der Waals surface area contributed by atoms with E-state index in [0.29, 0.717) is 25.4 Å². The number of rotatable bonds is 6. The maximum atomic E-state index is 11.9. The Balaban J connectivity index is 2.30. The summed E-state index contributed by atoms with van der Waals surface area (Å²) in [7, 11) is 1.78. The number of hydrogen-bond donors (Lipinski definition) is 0. The van der Waals surface area contributed by atoms with Crippen molar-refractivity contribution in [3.63, 3.8) is 0 Å². The summed E-state index contributed by atoms with van der Waals surface area (Å²) in [6.07, 6.45) is 6.04. The molecule has 1 rings (SSSR count). The summed E-state index contributed by atoms with van der Waals surface area (Å²) in [4.78, 5) is 16.0. The summed E-state index contributed by atoms with van der Waals surface area (Å²) < 4.78 is 0. The van der Waals surface area contributed by atoms with E-state index in [0.717, 1.165) is 13.1 Å². The number of nitrogens with zero attached hydrogens (tertiary/aromatic N) is 3. The van der Waals surface area contributed by atoms with Crippen LogP contribution in [0.15, 0.2) is 0 Å². The van der Waals surface area contributed by atoms with Crippen molar-refractivity contribution < 1.29 is 4.79 Å². The molecule has 0 aromatic heterocycles. The molecule has 18 heavy (non-hydrogen) atoms. The van der Waals surface area contributed by atoms with Crippen LogP contribution in [0.4, 0.5) is 0 Å². The van der Waals surface area contributed by atoms with E-state index in [1.807, 2.05) is 0 Å². The highest BCUT2D eigenvalue weighted by molar-refractivity contribution is 5.76. The predicted molar refractivity (Wildman–Crippen MR) is 72.0 cm³/mol.